The highest BCUT2D eigenvalue weighted by atomic mass is 79.9. The van der Waals surface area contributed by atoms with Crippen molar-refractivity contribution in [1.82, 2.24) is 5.32 Å². The maximum Gasteiger partial charge on any atom is 0.252 e. The summed E-state index contributed by atoms with van der Waals surface area (Å²) in [6.07, 6.45) is 2.03. The van der Waals surface area contributed by atoms with E-state index in [0.717, 1.165) is 0 Å². The van der Waals surface area contributed by atoms with Gasteiger partial charge in [0.25, 0.3) is 5.91 Å². The van der Waals surface area contributed by atoms with Crippen LogP contribution in [0.3, 0.4) is 0 Å². The van der Waals surface area contributed by atoms with E-state index < -0.39 is 0 Å². The van der Waals surface area contributed by atoms with Crippen LogP contribution < -0.4 is 5.32 Å². The van der Waals surface area contributed by atoms with Gasteiger partial charge in [0, 0.05) is 20.8 Å². The molecule has 1 rings (SSSR count). The molecule has 0 fully saturated rings. The van der Waals surface area contributed by atoms with Crippen LogP contribution in [-0.2, 0) is 0 Å². The molecule has 1 amide bonds. The number of benzene rings is 1. The maximum atomic E-state index is 11.9. The summed E-state index contributed by atoms with van der Waals surface area (Å²) >= 11 is 10.9. The zero-order chi connectivity index (χ0) is 13.1. The molecule has 0 saturated heterocycles. The normalized spacial score (nSPS) is 11.4. The van der Waals surface area contributed by atoms with Gasteiger partial charge in [-0.05, 0) is 54.2 Å². The van der Waals surface area contributed by atoms with Gasteiger partial charge in [-0.2, -0.15) is 11.8 Å². The number of amides is 1. The summed E-state index contributed by atoms with van der Waals surface area (Å²) in [6.45, 7) is 4.81. The number of hydrogen-bond donors (Lipinski definition) is 1. The van der Waals surface area contributed by atoms with E-state index in [9.17, 15) is 4.79 Å². The summed E-state index contributed by atoms with van der Waals surface area (Å²) in [5.41, 5.74) is 0.603. The molecule has 0 saturated carbocycles. The van der Waals surface area contributed by atoms with Gasteiger partial charge in [0.2, 0.25) is 0 Å². The van der Waals surface area contributed by atoms with Crippen LogP contribution in [0.15, 0.2) is 22.7 Å². The van der Waals surface area contributed by atoms with Crippen molar-refractivity contribution in [3.8, 4) is 0 Å². The minimum absolute atomic E-state index is 0.0363. The van der Waals surface area contributed by atoms with Gasteiger partial charge >= 0.3 is 0 Å². The van der Waals surface area contributed by atoms with Crippen molar-refractivity contribution in [2.24, 2.45) is 0 Å². The Bertz CT molecular complexity index is 423. The molecule has 0 aliphatic rings. The Kier molecular flexibility index (Phi) is 5.35. The Balaban J connectivity index is 2.71. The number of nitrogens with one attached hydrogen (secondary N) is 1. The van der Waals surface area contributed by atoms with E-state index in [1.54, 1.807) is 30.0 Å². The smallest absolute Gasteiger partial charge is 0.252 e. The van der Waals surface area contributed by atoms with Gasteiger partial charge in [-0.25, -0.2) is 0 Å². The van der Waals surface area contributed by atoms with E-state index in [0.29, 0.717) is 21.6 Å². The van der Waals surface area contributed by atoms with Crippen LogP contribution in [0.25, 0.3) is 0 Å². The Labute approximate surface area is 120 Å². The fourth-order valence-corrected chi connectivity index (χ4v) is 2.21. The third-order valence-electron chi connectivity index (χ3n) is 2.40. The Morgan fingerprint density at radius 3 is 2.71 bits per heavy atom. The summed E-state index contributed by atoms with van der Waals surface area (Å²) in [5, 5.41) is 3.53. The second-order valence-electron chi connectivity index (χ2n) is 4.27. The third-order valence-corrected chi connectivity index (χ3v) is 4.54. The summed E-state index contributed by atoms with van der Waals surface area (Å²) < 4.78 is 0.749. The van der Waals surface area contributed by atoms with Crippen molar-refractivity contribution >= 4 is 45.2 Å². The Morgan fingerprint density at radius 2 is 2.18 bits per heavy atom. The lowest BCUT2D eigenvalue weighted by molar-refractivity contribution is 0.0950. The average molecular weight is 337 g/mol. The fraction of sp³-hybridized carbons (Fsp3) is 0.417. The quantitative estimate of drug-likeness (QED) is 0.901. The first-order chi connectivity index (χ1) is 7.85. The predicted octanol–water partition coefficient (Wildman–Crippen LogP) is 3.97. The van der Waals surface area contributed by atoms with E-state index in [1.807, 2.05) is 6.26 Å². The summed E-state index contributed by atoms with van der Waals surface area (Å²) in [4.78, 5) is 11.9. The van der Waals surface area contributed by atoms with E-state index in [2.05, 4.69) is 35.1 Å². The van der Waals surface area contributed by atoms with Crippen LogP contribution in [0, 0.1) is 0 Å². The van der Waals surface area contributed by atoms with Crippen LogP contribution in [0.2, 0.25) is 5.02 Å². The molecule has 17 heavy (non-hydrogen) atoms. The standard InChI is InChI=1S/C12H15BrClNOS/c1-12(2,17-3)7-15-11(16)9-5-4-8(14)6-10(9)13/h4-6H,7H2,1-3H3,(H,15,16). The molecule has 1 N–H and O–H groups in total. The van der Waals surface area contributed by atoms with Crippen molar-refractivity contribution in [2.45, 2.75) is 18.6 Å². The first kappa shape index (κ1) is 14.9. The molecular formula is C12H15BrClNOS. The SMILES string of the molecule is CSC(C)(C)CNC(=O)c1ccc(Cl)cc1Br. The minimum Gasteiger partial charge on any atom is -0.351 e. The topological polar surface area (TPSA) is 29.1 Å². The summed E-state index contributed by atoms with van der Waals surface area (Å²) in [7, 11) is 0. The third kappa shape index (κ3) is 4.53. The predicted molar refractivity (Wildman–Crippen MR) is 79.1 cm³/mol. The van der Waals surface area contributed by atoms with Crippen LogP contribution in [-0.4, -0.2) is 23.5 Å². The second-order valence-corrected chi connectivity index (χ2v) is 7.07. The van der Waals surface area contributed by atoms with Crippen molar-refractivity contribution < 1.29 is 4.79 Å². The first-order valence-corrected chi connectivity index (χ1v) is 7.54. The lowest BCUT2D eigenvalue weighted by atomic mass is 10.2. The van der Waals surface area contributed by atoms with Gasteiger partial charge in [-0.15, -0.1) is 0 Å². The molecule has 0 aliphatic heterocycles. The van der Waals surface area contributed by atoms with Crippen LogP contribution in [0.1, 0.15) is 24.2 Å². The maximum absolute atomic E-state index is 11.9. The van der Waals surface area contributed by atoms with Gasteiger partial charge in [-0.1, -0.05) is 11.6 Å². The van der Waals surface area contributed by atoms with E-state index in [1.165, 1.54) is 0 Å². The number of rotatable bonds is 4. The van der Waals surface area contributed by atoms with Gasteiger partial charge in [-0.3, -0.25) is 4.79 Å². The van der Waals surface area contributed by atoms with Crippen molar-refractivity contribution in [2.75, 3.05) is 12.8 Å². The molecule has 0 unspecified atom stereocenters. The fourth-order valence-electron chi connectivity index (χ4n) is 1.13. The number of hydrogen-bond acceptors (Lipinski definition) is 2. The van der Waals surface area contributed by atoms with Crippen LogP contribution in [0.5, 0.6) is 0 Å². The molecule has 0 bridgehead atoms. The highest BCUT2D eigenvalue weighted by Crippen LogP contribution is 2.23. The highest BCUT2D eigenvalue weighted by Gasteiger charge is 2.18. The van der Waals surface area contributed by atoms with Crippen molar-refractivity contribution in [3.63, 3.8) is 0 Å². The summed E-state index contributed by atoms with van der Waals surface area (Å²) in [6, 6.07) is 5.14. The lowest BCUT2D eigenvalue weighted by Crippen LogP contribution is -2.36. The van der Waals surface area contributed by atoms with Crippen LogP contribution in [0.4, 0.5) is 0 Å². The molecule has 1 aromatic rings. The van der Waals surface area contributed by atoms with Gasteiger partial charge in [0.15, 0.2) is 0 Å². The molecule has 0 heterocycles. The van der Waals surface area contributed by atoms with Gasteiger partial charge in [0.05, 0.1) is 5.56 Å². The highest BCUT2D eigenvalue weighted by molar-refractivity contribution is 9.10. The number of carbonyl (C=O) groups excluding carboxylic acids is 1. The monoisotopic (exact) mass is 335 g/mol. The minimum atomic E-state index is -0.0873. The van der Waals surface area contributed by atoms with E-state index in [-0.39, 0.29) is 10.7 Å². The van der Waals surface area contributed by atoms with Crippen molar-refractivity contribution in [3.05, 3.63) is 33.3 Å². The lowest BCUT2D eigenvalue weighted by Gasteiger charge is -2.22. The molecular weight excluding hydrogens is 322 g/mol. The van der Waals surface area contributed by atoms with Gasteiger partial charge in [0.1, 0.15) is 0 Å². The molecule has 2 nitrogen and oxygen atoms in total. The Hall–Kier alpha value is -0.190. The number of halogens is 2. The van der Waals surface area contributed by atoms with Gasteiger partial charge < -0.3 is 5.32 Å². The second kappa shape index (κ2) is 6.12. The molecule has 0 radical (unpaired) electrons. The molecule has 0 aromatic heterocycles. The number of thioether (sulfide) groups is 1. The summed E-state index contributed by atoms with van der Waals surface area (Å²) in [5.74, 6) is -0.0873. The van der Waals surface area contributed by atoms with E-state index in [4.69, 9.17) is 11.6 Å². The molecule has 0 spiro atoms. The van der Waals surface area contributed by atoms with Crippen LogP contribution >= 0.6 is 39.3 Å². The average Bonchev–Trinajstić information content (AvgIpc) is 2.26. The van der Waals surface area contributed by atoms with Crippen molar-refractivity contribution in [1.29, 1.82) is 0 Å². The zero-order valence-electron chi connectivity index (χ0n) is 10.0. The Morgan fingerprint density at radius 1 is 1.53 bits per heavy atom. The molecule has 5 heteroatoms. The largest absolute Gasteiger partial charge is 0.351 e. The zero-order valence-corrected chi connectivity index (χ0v) is 13.2. The van der Waals surface area contributed by atoms with E-state index >= 15 is 0 Å². The first-order valence-electron chi connectivity index (χ1n) is 5.14. The molecule has 94 valence electrons. The molecule has 1 aromatic carbocycles. The number of carbonyl (C=O) groups is 1. The molecule has 0 aliphatic carbocycles. The molecule has 0 atom stereocenters.